The number of halogens is 1. The van der Waals surface area contributed by atoms with Gasteiger partial charge in [-0.15, -0.1) is 0 Å². The number of aromatic nitrogens is 3. The van der Waals surface area contributed by atoms with E-state index in [2.05, 4.69) is 15.3 Å². The molecule has 0 saturated heterocycles. The highest BCUT2D eigenvalue weighted by molar-refractivity contribution is 7.71. The third-order valence-electron chi connectivity index (χ3n) is 3.62. The van der Waals surface area contributed by atoms with Crippen molar-refractivity contribution in [3.8, 4) is 17.2 Å². The Morgan fingerprint density at radius 1 is 1.19 bits per heavy atom. The molecule has 0 aliphatic heterocycles. The van der Waals surface area contributed by atoms with Crippen LogP contribution in [0.2, 0.25) is 0 Å². The van der Waals surface area contributed by atoms with Crippen LogP contribution in [0.15, 0.2) is 47.6 Å². The van der Waals surface area contributed by atoms with E-state index in [1.54, 1.807) is 25.3 Å². The van der Waals surface area contributed by atoms with E-state index in [9.17, 15) is 4.39 Å². The largest absolute Gasteiger partial charge is 0.497 e. The van der Waals surface area contributed by atoms with Gasteiger partial charge in [-0.25, -0.2) is 9.49 Å². The molecule has 1 N–H and O–H groups in total. The number of rotatable bonds is 7. The van der Waals surface area contributed by atoms with E-state index < -0.39 is 5.82 Å². The van der Waals surface area contributed by atoms with Crippen LogP contribution in [0.4, 0.5) is 4.39 Å². The number of hydrogen-bond donors (Lipinski definition) is 1. The molecule has 2 aromatic carbocycles. The van der Waals surface area contributed by atoms with Crippen molar-refractivity contribution < 1.29 is 18.6 Å². The van der Waals surface area contributed by atoms with E-state index in [0.717, 1.165) is 0 Å². The lowest BCUT2D eigenvalue weighted by molar-refractivity contribution is 0.288. The molecule has 7 nitrogen and oxygen atoms in total. The highest BCUT2D eigenvalue weighted by Gasteiger charge is 2.07. The van der Waals surface area contributed by atoms with Crippen molar-refractivity contribution in [3.63, 3.8) is 0 Å². The van der Waals surface area contributed by atoms with Gasteiger partial charge in [-0.05, 0) is 48.1 Å². The van der Waals surface area contributed by atoms with Crippen LogP contribution in [-0.2, 0) is 6.61 Å². The van der Waals surface area contributed by atoms with Crippen LogP contribution in [-0.4, -0.2) is 35.3 Å². The lowest BCUT2D eigenvalue weighted by atomic mass is 10.2. The Hall–Kier alpha value is -3.20. The number of methoxy groups -OCH3 is 2. The number of H-pyrrole nitrogens is 1. The molecule has 0 amide bonds. The van der Waals surface area contributed by atoms with Crippen molar-refractivity contribution in [2.45, 2.75) is 6.61 Å². The summed E-state index contributed by atoms with van der Waals surface area (Å²) in [5, 5.41) is 11.0. The van der Waals surface area contributed by atoms with Gasteiger partial charge in [0.2, 0.25) is 4.77 Å². The van der Waals surface area contributed by atoms with Gasteiger partial charge in [0.15, 0.2) is 17.4 Å². The van der Waals surface area contributed by atoms with Gasteiger partial charge >= 0.3 is 0 Å². The molecule has 0 radical (unpaired) electrons. The number of aromatic amines is 1. The molecule has 0 atom stereocenters. The van der Waals surface area contributed by atoms with E-state index in [1.807, 2.05) is 12.1 Å². The Bertz CT molecular complexity index is 1020. The van der Waals surface area contributed by atoms with Gasteiger partial charge in [0.1, 0.15) is 18.1 Å². The van der Waals surface area contributed by atoms with Gasteiger partial charge in [-0.2, -0.15) is 14.9 Å². The van der Waals surface area contributed by atoms with Crippen molar-refractivity contribution in [2.75, 3.05) is 14.2 Å². The molecule has 0 spiro atoms. The Morgan fingerprint density at radius 2 is 2.00 bits per heavy atom. The first-order valence-corrected chi connectivity index (χ1v) is 8.32. The fraction of sp³-hybridized carbons (Fsp3) is 0.167. The summed E-state index contributed by atoms with van der Waals surface area (Å²) in [7, 11) is 2.99. The third-order valence-corrected chi connectivity index (χ3v) is 3.89. The highest BCUT2D eigenvalue weighted by Crippen LogP contribution is 2.20. The van der Waals surface area contributed by atoms with Crippen LogP contribution in [0.5, 0.6) is 17.2 Å². The Labute approximate surface area is 160 Å². The van der Waals surface area contributed by atoms with E-state index >= 15 is 0 Å². The summed E-state index contributed by atoms with van der Waals surface area (Å²) in [6.45, 7) is 0.134. The first kappa shape index (κ1) is 18.6. The summed E-state index contributed by atoms with van der Waals surface area (Å²) >= 11 is 5.19. The molecule has 0 aliphatic rings. The van der Waals surface area contributed by atoms with Crippen molar-refractivity contribution >= 4 is 18.4 Å². The lowest BCUT2D eigenvalue weighted by Crippen LogP contribution is -2.04. The number of ether oxygens (including phenoxy) is 3. The molecule has 0 unspecified atom stereocenters. The summed E-state index contributed by atoms with van der Waals surface area (Å²) in [6.07, 6.45) is 1.48. The van der Waals surface area contributed by atoms with E-state index in [-0.39, 0.29) is 12.4 Å². The number of benzene rings is 2. The molecular formula is C18H17FN4O3S. The van der Waals surface area contributed by atoms with Crippen molar-refractivity contribution in [2.24, 2.45) is 5.10 Å². The summed E-state index contributed by atoms with van der Waals surface area (Å²) in [6, 6.07) is 11.7. The van der Waals surface area contributed by atoms with Crippen LogP contribution in [0.25, 0.3) is 0 Å². The minimum atomic E-state index is -0.473. The average molecular weight is 388 g/mol. The molecule has 0 fully saturated rings. The second-order valence-corrected chi connectivity index (χ2v) is 5.75. The first-order chi connectivity index (χ1) is 13.1. The van der Waals surface area contributed by atoms with E-state index in [4.69, 9.17) is 26.4 Å². The van der Waals surface area contributed by atoms with E-state index in [1.165, 1.54) is 30.1 Å². The second-order valence-electron chi connectivity index (χ2n) is 5.36. The van der Waals surface area contributed by atoms with E-state index in [0.29, 0.717) is 27.7 Å². The Balaban J connectivity index is 1.76. The van der Waals surface area contributed by atoms with Gasteiger partial charge in [0.05, 0.1) is 20.4 Å². The van der Waals surface area contributed by atoms with Crippen molar-refractivity contribution in [3.05, 3.63) is 64.4 Å². The lowest BCUT2D eigenvalue weighted by Gasteiger charge is -2.07. The molecule has 9 heteroatoms. The van der Waals surface area contributed by atoms with Crippen LogP contribution in [0, 0.1) is 10.6 Å². The number of hydrogen-bond acceptors (Lipinski definition) is 6. The Kier molecular flexibility index (Phi) is 5.82. The monoisotopic (exact) mass is 388 g/mol. The normalized spacial score (nSPS) is 10.9. The Morgan fingerprint density at radius 3 is 2.74 bits per heavy atom. The SMILES string of the molecule is COc1cccc(OCc2n[nH]c(=S)n2/N=C\c2ccc(OC)c(F)c2)c1. The minimum absolute atomic E-state index is 0.134. The van der Waals surface area contributed by atoms with Crippen LogP contribution in [0.3, 0.4) is 0 Å². The predicted octanol–water partition coefficient (Wildman–Crippen LogP) is 3.56. The molecule has 0 saturated carbocycles. The molecule has 3 aromatic rings. The average Bonchev–Trinajstić information content (AvgIpc) is 3.04. The first-order valence-electron chi connectivity index (χ1n) is 7.91. The molecule has 27 heavy (non-hydrogen) atoms. The fourth-order valence-electron chi connectivity index (χ4n) is 2.26. The van der Waals surface area contributed by atoms with Crippen molar-refractivity contribution in [1.82, 2.24) is 14.9 Å². The van der Waals surface area contributed by atoms with Crippen LogP contribution in [0.1, 0.15) is 11.4 Å². The van der Waals surface area contributed by atoms with Gasteiger partial charge in [0, 0.05) is 6.07 Å². The second kappa shape index (κ2) is 8.45. The molecule has 140 valence electrons. The zero-order valence-electron chi connectivity index (χ0n) is 14.7. The van der Waals surface area contributed by atoms with Crippen molar-refractivity contribution in [1.29, 1.82) is 0 Å². The predicted molar refractivity (Wildman–Crippen MR) is 101 cm³/mol. The van der Waals surface area contributed by atoms with Gasteiger partial charge in [0.25, 0.3) is 0 Å². The third kappa shape index (κ3) is 4.50. The highest BCUT2D eigenvalue weighted by atomic mass is 32.1. The standard InChI is InChI=1S/C18H17FN4O3S/c1-24-13-4-3-5-14(9-13)26-11-17-21-22-18(27)23(17)20-10-12-6-7-16(25-2)15(19)8-12/h3-10H,11H2,1-2H3,(H,22,27)/b20-10-. The number of nitrogens with zero attached hydrogens (tertiary/aromatic N) is 3. The maximum absolute atomic E-state index is 13.8. The molecular weight excluding hydrogens is 371 g/mol. The van der Waals surface area contributed by atoms with Gasteiger partial charge < -0.3 is 14.2 Å². The quantitative estimate of drug-likeness (QED) is 0.495. The molecule has 0 aliphatic carbocycles. The zero-order chi connectivity index (χ0) is 19.2. The number of nitrogens with one attached hydrogen (secondary N) is 1. The molecule has 3 rings (SSSR count). The molecule has 1 aromatic heterocycles. The maximum atomic E-state index is 13.8. The molecule has 0 bridgehead atoms. The van der Waals surface area contributed by atoms with Gasteiger partial charge in [-0.1, -0.05) is 6.07 Å². The fourth-order valence-corrected chi connectivity index (χ4v) is 2.46. The minimum Gasteiger partial charge on any atom is -0.497 e. The summed E-state index contributed by atoms with van der Waals surface area (Å²) in [4.78, 5) is 0. The topological polar surface area (TPSA) is 73.7 Å². The summed E-state index contributed by atoms with van der Waals surface area (Å²) < 4.78 is 31.3. The van der Waals surface area contributed by atoms with Crippen LogP contribution >= 0.6 is 12.2 Å². The smallest absolute Gasteiger partial charge is 0.216 e. The van der Waals surface area contributed by atoms with Gasteiger partial charge in [-0.3, -0.25) is 0 Å². The van der Waals surface area contributed by atoms with Crippen LogP contribution < -0.4 is 14.2 Å². The maximum Gasteiger partial charge on any atom is 0.216 e. The summed E-state index contributed by atoms with van der Waals surface area (Å²) in [5.41, 5.74) is 0.552. The summed E-state index contributed by atoms with van der Waals surface area (Å²) in [5.74, 6) is 1.47. The zero-order valence-corrected chi connectivity index (χ0v) is 15.5. The molecule has 1 heterocycles.